The maximum Gasteiger partial charge on any atom is 0.262 e. The molecule has 140 valence electrons. The van der Waals surface area contributed by atoms with Gasteiger partial charge >= 0.3 is 0 Å². The topological polar surface area (TPSA) is 47.6 Å². The molecule has 0 unspecified atom stereocenters. The lowest BCUT2D eigenvalue weighted by molar-refractivity contribution is -0.118. The molecule has 0 spiro atoms. The lowest BCUT2D eigenvalue weighted by atomic mass is 10.2. The van der Waals surface area contributed by atoms with E-state index in [1.807, 2.05) is 49.4 Å². The number of carbonyl (C=O) groups excluding carboxylic acids is 1. The monoisotopic (exact) mass is 419 g/mol. The molecule has 4 nitrogen and oxygen atoms in total. The van der Waals surface area contributed by atoms with Gasteiger partial charge in [-0.1, -0.05) is 32.3 Å². The number of rotatable bonds is 10. The van der Waals surface area contributed by atoms with Crippen molar-refractivity contribution in [3.05, 3.63) is 52.5 Å². The number of anilines is 1. The summed E-state index contributed by atoms with van der Waals surface area (Å²) in [7, 11) is 0. The van der Waals surface area contributed by atoms with Gasteiger partial charge in [0.1, 0.15) is 11.5 Å². The van der Waals surface area contributed by atoms with E-state index in [9.17, 15) is 4.79 Å². The van der Waals surface area contributed by atoms with E-state index in [0.717, 1.165) is 34.5 Å². The van der Waals surface area contributed by atoms with Gasteiger partial charge in [-0.2, -0.15) is 0 Å². The third-order valence-corrected chi connectivity index (χ3v) is 4.47. The van der Waals surface area contributed by atoms with E-state index < -0.39 is 0 Å². The van der Waals surface area contributed by atoms with E-state index in [2.05, 4.69) is 28.2 Å². The highest BCUT2D eigenvalue weighted by molar-refractivity contribution is 9.10. The number of ether oxygens (including phenoxy) is 2. The molecule has 2 aromatic carbocycles. The van der Waals surface area contributed by atoms with Crippen molar-refractivity contribution in [3.8, 4) is 11.5 Å². The summed E-state index contributed by atoms with van der Waals surface area (Å²) >= 11 is 3.44. The van der Waals surface area contributed by atoms with Crippen LogP contribution < -0.4 is 14.8 Å². The van der Waals surface area contributed by atoms with Gasteiger partial charge < -0.3 is 14.8 Å². The van der Waals surface area contributed by atoms with Crippen LogP contribution in [0.25, 0.3) is 0 Å². The first-order chi connectivity index (χ1) is 12.6. The van der Waals surface area contributed by atoms with Crippen LogP contribution in [0.5, 0.6) is 11.5 Å². The molecule has 2 rings (SSSR count). The Morgan fingerprint density at radius 3 is 2.50 bits per heavy atom. The predicted octanol–water partition coefficient (Wildman–Crippen LogP) is 5.73. The van der Waals surface area contributed by atoms with Crippen LogP contribution in [0.1, 0.15) is 38.2 Å². The largest absolute Gasteiger partial charge is 0.494 e. The molecule has 0 saturated carbocycles. The lowest BCUT2D eigenvalue weighted by Gasteiger charge is -2.10. The van der Waals surface area contributed by atoms with E-state index >= 15 is 0 Å². The second-order valence-corrected chi connectivity index (χ2v) is 7.06. The van der Waals surface area contributed by atoms with Gasteiger partial charge in [0, 0.05) is 5.69 Å². The Morgan fingerprint density at radius 1 is 1.04 bits per heavy atom. The fraction of sp³-hybridized carbons (Fsp3) is 0.381. The molecular weight excluding hydrogens is 394 g/mol. The molecule has 0 radical (unpaired) electrons. The van der Waals surface area contributed by atoms with Gasteiger partial charge in [0.2, 0.25) is 0 Å². The van der Waals surface area contributed by atoms with Crippen LogP contribution in [-0.4, -0.2) is 19.1 Å². The number of halogens is 1. The molecule has 0 aromatic heterocycles. The van der Waals surface area contributed by atoms with Gasteiger partial charge in [-0.05, 0) is 71.2 Å². The summed E-state index contributed by atoms with van der Waals surface area (Å²) in [6.07, 6.45) is 4.73. The van der Waals surface area contributed by atoms with E-state index in [1.54, 1.807) is 0 Å². The molecule has 0 aliphatic rings. The van der Waals surface area contributed by atoms with Crippen molar-refractivity contribution >= 4 is 27.5 Å². The highest BCUT2D eigenvalue weighted by Crippen LogP contribution is 2.25. The highest BCUT2D eigenvalue weighted by atomic mass is 79.9. The molecule has 0 aliphatic heterocycles. The number of benzene rings is 2. The average molecular weight is 420 g/mol. The molecule has 1 amide bonds. The minimum Gasteiger partial charge on any atom is -0.494 e. The summed E-state index contributed by atoms with van der Waals surface area (Å²) in [6.45, 7) is 4.88. The SMILES string of the molecule is CCCCCCOc1ccc(NC(=O)COc2ccc(C)cc2Br)cc1. The maximum absolute atomic E-state index is 12.0. The van der Waals surface area contributed by atoms with Crippen molar-refractivity contribution < 1.29 is 14.3 Å². The van der Waals surface area contributed by atoms with Gasteiger partial charge in [-0.25, -0.2) is 0 Å². The number of amides is 1. The molecule has 5 heteroatoms. The van der Waals surface area contributed by atoms with E-state index in [4.69, 9.17) is 9.47 Å². The highest BCUT2D eigenvalue weighted by Gasteiger charge is 2.06. The summed E-state index contributed by atoms with van der Waals surface area (Å²) in [5.41, 5.74) is 1.85. The average Bonchev–Trinajstić information content (AvgIpc) is 2.62. The molecule has 2 aromatic rings. The number of carbonyl (C=O) groups is 1. The minimum atomic E-state index is -0.203. The number of nitrogens with one attached hydrogen (secondary N) is 1. The van der Waals surface area contributed by atoms with Crippen LogP contribution in [-0.2, 0) is 4.79 Å². The zero-order chi connectivity index (χ0) is 18.8. The number of hydrogen-bond acceptors (Lipinski definition) is 3. The Morgan fingerprint density at radius 2 is 1.81 bits per heavy atom. The van der Waals surface area contributed by atoms with Gasteiger partial charge in [-0.3, -0.25) is 4.79 Å². The van der Waals surface area contributed by atoms with Crippen molar-refractivity contribution in [2.45, 2.75) is 39.5 Å². The summed E-state index contributed by atoms with van der Waals surface area (Å²) < 4.78 is 12.1. The van der Waals surface area contributed by atoms with Crippen LogP contribution in [0, 0.1) is 6.92 Å². The van der Waals surface area contributed by atoms with Gasteiger partial charge in [0.25, 0.3) is 5.91 Å². The third-order valence-electron chi connectivity index (χ3n) is 3.85. The van der Waals surface area contributed by atoms with Crippen LogP contribution in [0.3, 0.4) is 0 Å². The molecule has 0 fully saturated rings. The molecule has 0 bridgehead atoms. The number of aryl methyl sites for hydroxylation is 1. The first-order valence-corrected chi connectivity index (χ1v) is 9.79. The van der Waals surface area contributed by atoms with Crippen molar-refractivity contribution in [1.82, 2.24) is 0 Å². The molecular formula is C21H26BrNO3. The van der Waals surface area contributed by atoms with Crippen LogP contribution >= 0.6 is 15.9 Å². The molecule has 0 saturated heterocycles. The van der Waals surface area contributed by atoms with E-state index in [1.165, 1.54) is 19.3 Å². The Bertz CT molecular complexity index is 701. The van der Waals surface area contributed by atoms with Gasteiger partial charge in [0.15, 0.2) is 6.61 Å². The molecule has 1 N–H and O–H groups in total. The second kappa shape index (κ2) is 10.9. The molecule has 26 heavy (non-hydrogen) atoms. The normalized spacial score (nSPS) is 10.4. The van der Waals surface area contributed by atoms with E-state index in [0.29, 0.717) is 5.75 Å². The van der Waals surface area contributed by atoms with Crippen LogP contribution in [0.2, 0.25) is 0 Å². The summed E-state index contributed by atoms with van der Waals surface area (Å²) in [6, 6.07) is 13.1. The third kappa shape index (κ3) is 7.08. The second-order valence-electron chi connectivity index (χ2n) is 6.20. The fourth-order valence-electron chi connectivity index (χ4n) is 2.42. The Hall–Kier alpha value is -2.01. The zero-order valence-corrected chi connectivity index (χ0v) is 17.0. The van der Waals surface area contributed by atoms with E-state index in [-0.39, 0.29) is 12.5 Å². The van der Waals surface area contributed by atoms with Crippen molar-refractivity contribution in [3.63, 3.8) is 0 Å². The Balaban J connectivity index is 1.74. The fourth-order valence-corrected chi connectivity index (χ4v) is 3.02. The quantitative estimate of drug-likeness (QED) is 0.499. The predicted molar refractivity (Wildman–Crippen MR) is 109 cm³/mol. The number of hydrogen-bond donors (Lipinski definition) is 1. The van der Waals surface area contributed by atoms with Gasteiger partial charge in [0.05, 0.1) is 11.1 Å². The standard InChI is InChI=1S/C21H26BrNO3/c1-3-4-5-6-13-25-18-10-8-17(9-11-18)23-21(24)15-26-20-12-7-16(2)14-19(20)22/h7-12,14H,3-6,13,15H2,1-2H3,(H,23,24). The minimum absolute atomic E-state index is 0.0443. The zero-order valence-electron chi connectivity index (χ0n) is 15.4. The van der Waals surface area contributed by atoms with Crippen molar-refractivity contribution in [2.24, 2.45) is 0 Å². The van der Waals surface area contributed by atoms with Crippen LogP contribution in [0.4, 0.5) is 5.69 Å². The lowest BCUT2D eigenvalue weighted by Crippen LogP contribution is -2.20. The smallest absolute Gasteiger partial charge is 0.262 e. The first kappa shape index (κ1) is 20.3. The van der Waals surface area contributed by atoms with Crippen LogP contribution in [0.15, 0.2) is 46.9 Å². The maximum atomic E-state index is 12.0. The summed E-state index contributed by atoms with van der Waals surface area (Å²) in [5, 5.41) is 2.82. The molecule has 0 heterocycles. The Kier molecular flexibility index (Phi) is 8.48. The molecule has 0 aliphatic carbocycles. The van der Waals surface area contributed by atoms with Gasteiger partial charge in [-0.15, -0.1) is 0 Å². The summed E-state index contributed by atoms with van der Waals surface area (Å²) in [4.78, 5) is 12.0. The van der Waals surface area contributed by atoms with Crippen molar-refractivity contribution in [2.75, 3.05) is 18.5 Å². The number of unbranched alkanes of at least 4 members (excludes halogenated alkanes) is 3. The Labute approximate surface area is 164 Å². The first-order valence-electron chi connectivity index (χ1n) is 9.00. The van der Waals surface area contributed by atoms with Crippen molar-refractivity contribution in [1.29, 1.82) is 0 Å². The molecule has 0 atom stereocenters. The summed E-state index contributed by atoms with van der Waals surface area (Å²) in [5.74, 6) is 1.27.